The SMILES string of the molecule is CCOc1ccc(Oc2ccc(S(=O)(=O)N3CCOCC3)cc2NC(=O)c2cccc(C)c2)cc1. The number of aryl methyl sites for hydroxylation is 1. The first kappa shape index (κ1) is 24.7. The fraction of sp³-hybridized carbons (Fsp3) is 0.269. The monoisotopic (exact) mass is 496 g/mol. The minimum atomic E-state index is -3.76. The first-order chi connectivity index (χ1) is 16.9. The number of carbonyl (C=O) groups excluding carboxylic acids is 1. The standard InChI is InChI=1S/C26H28N2O6S/c1-3-33-21-7-9-22(10-8-21)34-25-12-11-23(35(30,31)28-13-15-32-16-14-28)18-24(25)27-26(29)20-6-4-5-19(2)17-20/h4-12,17-18H,3,13-16H2,1-2H3,(H,27,29). The van der Waals surface area contributed by atoms with Crippen LogP contribution in [0.5, 0.6) is 17.2 Å². The Labute approximate surface area is 205 Å². The van der Waals surface area contributed by atoms with Crippen LogP contribution in [0.25, 0.3) is 0 Å². The lowest BCUT2D eigenvalue weighted by Crippen LogP contribution is -2.40. The molecular formula is C26H28N2O6S. The third kappa shape index (κ3) is 6.00. The Morgan fingerprint density at radius 1 is 1.00 bits per heavy atom. The second-order valence-electron chi connectivity index (χ2n) is 8.00. The van der Waals surface area contributed by atoms with Gasteiger partial charge in [-0.2, -0.15) is 4.31 Å². The average molecular weight is 497 g/mol. The van der Waals surface area contributed by atoms with Gasteiger partial charge in [0.05, 0.1) is 30.4 Å². The minimum Gasteiger partial charge on any atom is -0.494 e. The van der Waals surface area contributed by atoms with E-state index in [2.05, 4.69) is 5.32 Å². The zero-order valence-corrected chi connectivity index (χ0v) is 20.5. The first-order valence-corrected chi connectivity index (χ1v) is 12.8. The van der Waals surface area contributed by atoms with E-state index in [1.165, 1.54) is 16.4 Å². The normalized spacial score (nSPS) is 14.3. The summed E-state index contributed by atoms with van der Waals surface area (Å²) < 4.78 is 44.6. The summed E-state index contributed by atoms with van der Waals surface area (Å²) in [6.45, 7) is 5.58. The number of nitrogens with zero attached hydrogens (tertiary/aromatic N) is 1. The first-order valence-electron chi connectivity index (χ1n) is 11.4. The highest BCUT2D eigenvalue weighted by Crippen LogP contribution is 2.34. The molecule has 1 amide bonds. The van der Waals surface area contributed by atoms with Crippen LogP contribution < -0.4 is 14.8 Å². The number of amides is 1. The van der Waals surface area contributed by atoms with E-state index in [0.717, 1.165) is 5.56 Å². The molecule has 8 nitrogen and oxygen atoms in total. The Balaban J connectivity index is 1.67. The van der Waals surface area contributed by atoms with E-state index in [1.807, 2.05) is 19.9 Å². The fourth-order valence-corrected chi connectivity index (χ4v) is 5.11. The number of rotatable bonds is 8. The van der Waals surface area contributed by atoms with E-state index in [1.54, 1.807) is 48.5 Å². The van der Waals surface area contributed by atoms with E-state index in [0.29, 0.717) is 42.6 Å². The fourth-order valence-electron chi connectivity index (χ4n) is 3.67. The molecule has 1 heterocycles. The molecule has 9 heteroatoms. The van der Waals surface area contributed by atoms with E-state index in [9.17, 15) is 13.2 Å². The smallest absolute Gasteiger partial charge is 0.255 e. The predicted molar refractivity (Wildman–Crippen MR) is 133 cm³/mol. The molecule has 0 radical (unpaired) electrons. The van der Waals surface area contributed by atoms with Crippen LogP contribution in [0.3, 0.4) is 0 Å². The molecule has 0 spiro atoms. The van der Waals surface area contributed by atoms with Crippen molar-refractivity contribution in [3.63, 3.8) is 0 Å². The van der Waals surface area contributed by atoms with E-state index < -0.39 is 10.0 Å². The summed E-state index contributed by atoms with van der Waals surface area (Å²) in [6.07, 6.45) is 0. The number of nitrogens with one attached hydrogen (secondary N) is 1. The molecule has 1 aliphatic rings. The van der Waals surface area contributed by atoms with Gasteiger partial charge in [-0.15, -0.1) is 0 Å². The Hall–Kier alpha value is -3.40. The molecule has 0 saturated carbocycles. The maximum Gasteiger partial charge on any atom is 0.255 e. The molecule has 3 aromatic carbocycles. The third-order valence-corrected chi connectivity index (χ3v) is 7.34. The van der Waals surface area contributed by atoms with Crippen LogP contribution in [0.15, 0.2) is 71.6 Å². The summed E-state index contributed by atoms with van der Waals surface area (Å²) in [7, 11) is -3.76. The van der Waals surface area contributed by atoms with Crippen LogP contribution in [0.2, 0.25) is 0 Å². The number of hydrogen-bond acceptors (Lipinski definition) is 6. The van der Waals surface area contributed by atoms with Gasteiger partial charge >= 0.3 is 0 Å². The molecule has 0 unspecified atom stereocenters. The topological polar surface area (TPSA) is 94.2 Å². The summed E-state index contributed by atoms with van der Waals surface area (Å²) in [5.41, 5.74) is 1.64. The summed E-state index contributed by atoms with van der Waals surface area (Å²) in [4.78, 5) is 13.1. The van der Waals surface area contributed by atoms with E-state index in [4.69, 9.17) is 14.2 Å². The summed E-state index contributed by atoms with van der Waals surface area (Å²) in [6, 6.07) is 18.7. The van der Waals surface area contributed by atoms with E-state index in [-0.39, 0.29) is 29.6 Å². The largest absolute Gasteiger partial charge is 0.494 e. The van der Waals surface area contributed by atoms with Crippen LogP contribution in [0.4, 0.5) is 5.69 Å². The molecule has 0 aromatic heterocycles. The number of benzene rings is 3. The van der Waals surface area contributed by atoms with Crippen LogP contribution in [-0.4, -0.2) is 51.5 Å². The zero-order chi connectivity index (χ0) is 24.8. The van der Waals surface area contributed by atoms with Crippen molar-refractivity contribution in [2.45, 2.75) is 18.7 Å². The highest BCUT2D eigenvalue weighted by molar-refractivity contribution is 7.89. The number of morpholine rings is 1. The molecular weight excluding hydrogens is 468 g/mol. The van der Waals surface area contributed by atoms with Gasteiger partial charge in [0.15, 0.2) is 5.75 Å². The van der Waals surface area contributed by atoms with Crippen molar-refractivity contribution in [3.05, 3.63) is 77.9 Å². The molecule has 3 aromatic rings. The van der Waals surface area contributed by atoms with Crippen LogP contribution >= 0.6 is 0 Å². The van der Waals surface area contributed by atoms with Gasteiger partial charge in [0.1, 0.15) is 11.5 Å². The second kappa shape index (κ2) is 10.9. The van der Waals surface area contributed by atoms with Crippen molar-refractivity contribution in [2.75, 3.05) is 38.2 Å². The second-order valence-corrected chi connectivity index (χ2v) is 9.94. The number of hydrogen-bond donors (Lipinski definition) is 1. The van der Waals surface area contributed by atoms with Gasteiger partial charge in [-0.1, -0.05) is 17.7 Å². The highest BCUT2D eigenvalue weighted by atomic mass is 32.2. The van der Waals surface area contributed by atoms with E-state index >= 15 is 0 Å². The quantitative estimate of drug-likeness (QED) is 0.495. The predicted octanol–water partition coefficient (Wildman–Crippen LogP) is 4.46. The molecule has 35 heavy (non-hydrogen) atoms. The molecule has 1 fully saturated rings. The van der Waals surface area contributed by atoms with Gasteiger partial charge in [-0.3, -0.25) is 4.79 Å². The van der Waals surface area contributed by atoms with Crippen LogP contribution in [-0.2, 0) is 14.8 Å². The van der Waals surface area contributed by atoms with Crippen LogP contribution in [0, 0.1) is 6.92 Å². The molecule has 4 rings (SSSR count). The van der Waals surface area contributed by atoms with Gasteiger partial charge in [0, 0.05) is 18.7 Å². The van der Waals surface area contributed by atoms with Crippen molar-refractivity contribution >= 4 is 21.6 Å². The molecule has 184 valence electrons. The lowest BCUT2D eigenvalue weighted by atomic mass is 10.1. The average Bonchev–Trinajstić information content (AvgIpc) is 2.87. The zero-order valence-electron chi connectivity index (χ0n) is 19.7. The van der Waals surface area contributed by atoms with Crippen molar-refractivity contribution in [2.24, 2.45) is 0 Å². The molecule has 1 saturated heterocycles. The number of ether oxygens (including phenoxy) is 3. The van der Waals surface area contributed by atoms with Crippen molar-refractivity contribution in [1.29, 1.82) is 0 Å². The Morgan fingerprint density at radius 3 is 2.40 bits per heavy atom. The Bertz CT molecular complexity index is 1290. The molecule has 1 N–H and O–H groups in total. The molecule has 1 aliphatic heterocycles. The summed E-state index contributed by atoms with van der Waals surface area (Å²) in [5.74, 6) is 1.17. The highest BCUT2D eigenvalue weighted by Gasteiger charge is 2.27. The molecule has 0 atom stereocenters. The van der Waals surface area contributed by atoms with Gasteiger partial charge in [0.25, 0.3) is 5.91 Å². The van der Waals surface area contributed by atoms with Crippen molar-refractivity contribution < 1.29 is 27.4 Å². The number of sulfonamides is 1. The van der Waals surface area contributed by atoms with Crippen LogP contribution in [0.1, 0.15) is 22.8 Å². The third-order valence-electron chi connectivity index (χ3n) is 5.45. The lowest BCUT2D eigenvalue weighted by molar-refractivity contribution is 0.0730. The maximum atomic E-state index is 13.2. The van der Waals surface area contributed by atoms with Crippen molar-refractivity contribution in [3.8, 4) is 17.2 Å². The lowest BCUT2D eigenvalue weighted by Gasteiger charge is -2.26. The summed E-state index contributed by atoms with van der Waals surface area (Å²) in [5, 5.41) is 2.83. The Kier molecular flexibility index (Phi) is 7.70. The molecule has 0 aliphatic carbocycles. The number of carbonyl (C=O) groups is 1. The van der Waals surface area contributed by atoms with Gasteiger partial charge in [-0.05, 0) is 68.4 Å². The van der Waals surface area contributed by atoms with Gasteiger partial charge < -0.3 is 19.5 Å². The van der Waals surface area contributed by atoms with Gasteiger partial charge in [-0.25, -0.2) is 8.42 Å². The summed E-state index contributed by atoms with van der Waals surface area (Å²) >= 11 is 0. The maximum absolute atomic E-state index is 13.2. The van der Waals surface area contributed by atoms with Gasteiger partial charge in [0.2, 0.25) is 10.0 Å². The van der Waals surface area contributed by atoms with Crippen molar-refractivity contribution in [1.82, 2.24) is 4.31 Å². The molecule has 0 bridgehead atoms. The minimum absolute atomic E-state index is 0.0676. The number of anilines is 1. The Morgan fingerprint density at radius 2 is 1.71 bits per heavy atom.